The van der Waals surface area contributed by atoms with Crippen LogP contribution in [-0.2, 0) is 0 Å². The second-order valence-corrected chi connectivity index (χ2v) is 12.9. The van der Waals surface area contributed by atoms with E-state index in [-0.39, 0.29) is 6.10 Å². The highest BCUT2D eigenvalue weighted by molar-refractivity contribution is 6.33. The Balaban J connectivity index is 1.28. The Morgan fingerprint density at radius 1 is 0.683 bits per heavy atom. The first-order valence-electron chi connectivity index (χ1n) is 16.7. The molecule has 0 N–H and O–H groups in total. The highest BCUT2D eigenvalue weighted by Gasteiger charge is 2.22. The van der Waals surface area contributed by atoms with Gasteiger partial charge in [0.25, 0.3) is 0 Å². The summed E-state index contributed by atoms with van der Waals surface area (Å²) >= 11 is 6.82. The van der Waals surface area contributed by atoms with E-state index in [0.717, 1.165) is 40.2 Å². The number of rotatable bonds is 16. The fourth-order valence-electron chi connectivity index (χ4n) is 6.56. The quantitative estimate of drug-likeness (QED) is 0.155. The molecule has 0 heterocycles. The average molecular weight is 573 g/mol. The van der Waals surface area contributed by atoms with Gasteiger partial charge in [-0.3, -0.25) is 0 Å². The Bertz CT molecular complexity index is 1140. The first kappa shape index (κ1) is 31.7. The second-order valence-electron chi connectivity index (χ2n) is 12.5. The Hall–Kier alpha value is -2.25. The third-order valence-corrected chi connectivity index (χ3v) is 9.53. The summed E-state index contributed by atoms with van der Waals surface area (Å²) in [5.41, 5.74) is 6.11. The lowest BCUT2D eigenvalue weighted by molar-refractivity contribution is 0.206. The molecule has 0 radical (unpaired) electrons. The number of unbranched alkanes of at least 4 members (excludes halogenated alkanes) is 7. The van der Waals surface area contributed by atoms with E-state index < -0.39 is 0 Å². The van der Waals surface area contributed by atoms with Crippen molar-refractivity contribution in [2.75, 3.05) is 0 Å². The van der Waals surface area contributed by atoms with Crippen molar-refractivity contribution in [1.29, 1.82) is 0 Å². The molecule has 1 aliphatic rings. The van der Waals surface area contributed by atoms with E-state index in [0.29, 0.717) is 0 Å². The summed E-state index contributed by atoms with van der Waals surface area (Å²) in [4.78, 5) is 0. The molecule has 1 aliphatic carbocycles. The number of hydrogen-bond donors (Lipinski definition) is 0. The van der Waals surface area contributed by atoms with Gasteiger partial charge in [-0.25, -0.2) is 0 Å². The van der Waals surface area contributed by atoms with Crippen molar-refractivity contribution in [2.24, 2.45) is 5.92 Å². The van der Waals surface area contributed by atoms with Crippen molar-refractivity contribution >= 4 is 11.6 Å². The molecular formula is C39H53ClO. The van der Waals surface area contributed by atoms with Crippen molar-refractivity contribution in [3.63, 3.8) is 0 Å². The van der Waals surface area contributed by atoms with Gasteiger partial charge in [0.2, 0.25) is 0 Å². The minimum Gasteiger partial charge on any atom is -0.491 e. The van der Waals surface area contributed by atoms with Crippen LogP contribution in [0.4, 0.5) is 0 Å². The number of halogens is 1. The molecule has 3 aromatic carbocycles. The van der Waals surface area contributed by atoms with Gasteiger partial charge in [-0.15, -0.1) is 0 Å². The molecule has 0 aliphatic heterocycles. The topological polar surface area (TPSA) is 9.23 Å². The standard InChI is InChI=1S/C39H53ClO/c1-4-6-8-10-12-14-31-15-17-32(18-16-31)33-19-21-34(22-20-33)36-25-28-38(39(40)29-36)35-23-26-37(27-24-35)41-30(3)13-11-9-7-5-2/h19-32H,4-18H2,1-3H3. The van der Waals surface area contributed by atoms with Crippen molar-refractivity contribution < 1.29 is 4.74 Å². The van der Waals surface area contributed by atoms with Crippen LogP contribution in [0.15, 0.2) is 66.7 Å². The van der Waals surface area contributed by atoms with E-state index in [9.17, 15) is 0 Å². The summed E-state index contributed by atoms with van der Waals surface area (Å²) in [5.74, 6) is 2.61. The van der Waals surface area contributed by atoms with Crippen molar-refractivity contribution in [2.45, 2.75) is 129 Å². The molecule has 1 unspecified atom stereocenters. The molecule has 0 spiro atoms. The van der Waals surface area contributed by atoms with E-state index >= 15 is 0 Å². The lowest BCUT2D eigenvalue weighted by Gasteiger charge is -2.29. The molecule has 0 amide bonds. The molecule has 41 heavy (non-hydrogen) atoms. The van der Waals surface area contributed by atoms with Crippen LogP contribution in [0.5, 0.6) is 5.75 Å². The van der Waals surface area contributed by atoms with Crippen molar-refractivity contribution in [1.82, 2.24) is 0 Å². The zero-order chi connectivity index (χ0) is 28.9. The highest BCUT2D eigenvalue weighted by atomic mass is 35.5. The summed E-state index contributed by atoms with van der Waals surface area (Å²) < 4.78 is 6.15. The van der Waals surface area contributed by atoms with Crippen LogP contribution in [0, 0.1) is 5.92 Å². The molecule has 1 fully saturated rings. The first-order valence-corrected chi connectivity index (χ1v) is 17.1. The van der Waals surface area contributed by atoms with Crippen LogP contribution in [0.25, 0.3) is 22.3 Å². The Morgan fingerprint density at radius 2 is 1.29 bits per heavy atom. The smallest absolute Gasteiger partial charge is 0.119 e. The fraction of sp³-hybridized carbons (Fsp3) is 0.538. The van der Waals surface area contributed by atoms with Gasteiger partial charge in [0.1, 0.15) is 5.75 Å². The SMILES string of the molecule is CCCCCCCC1CCC(c2ccc(-c3ccc(-c4ccc(OC(C)CCCCCC)cc4)c(Cl)c3)cc2)CC1. The third kappa shape index (κ3) is 9.92. The molecule has 4 rings (SSSR count). The summed E-state index contributed by atoms with van der Waals surface area (Å²) in [6.45, 7) is 6.72. The number of hydrogen-bond acceptors (Lipinski definition) is 1. The molecular weight excluding hydrogens is 520 g/mol. The van der Waals surface area contributed by atoms with E-state index in [4.69, 9.17) is 16.3 Å². The maximum Gasteiger partial charge on any atom is 0.119 e. The van der Waals surface area contributed by atoms with Gasteiger partial charge < -0.3 is 4.74 Å². The predicted molar refractivity (Wildman–Crippen MR) is 179 cm³/mol. The van der Waals surface area contributed by atoms with Gasteiger partial charge in [-0.2, -0.15) is 0 Å². The van der Waals surface area contributed by atoms with Crippen LogP contribution >= 0.6 is 11.6 Å². The summed E-state index contributed by atoms with van der Waals surface area (Å²) in [5, 5.41) is 0.789. The van der Waals surface area contributed by atoms with Crippen molar-refractivity contribution in [3.8, 4) is 28.0 Å². The molecule has 1 atom stereocenters. The molecule has 1 nitrogen and oxygen atoms in total. The minimum atomic E-state index is 0.243. The van der Waals surface area contributed by atoms with Crippen LogP contribution in [0.1, 0.15) is 129 Å². The normalized spacial score (nSPS) is 17.9. The van der Waals surface area contributed by atoms with Gasteiger partial charge in [0.15, 0.2) is 0 Å². The minimum absolute atomic E-state index is 0.243. The second kappa shape index (κ2) is 17.0. The van der Waals surface area contributed by atoms with Crippen molar-refractivity contribution in [3.05, 3.63) is 77.3 Å². The summed E-state index contributed by atoms with van der Waals surface area (Å²) in [7, 11) is 0. The maximum atomic E-state index is 6.82. The third-order valence-electron chi connectivity index (χ3n) is 9.21. The lowest BCUT2D eigenvalue weighted by Crippen LogP contribution is -2.13. The van der Waals surface area contributed by atoms with Gasteiger partial charge in [0.05, 0.1) is 6.10 Å². The number of benzene rings is 3. The lowest BCUT2D eigenvalue weighted by atomic mass is 9.77. The van der Waals surface area contributed by atoms with E-state index in [1.165, 1.54) is 107 Å². The van der Waals surface area contributed by atoms with Crippen LogP contribution in [0.2, 0.25) is 5.02 Å². The first-order chi connectivity index (χ1) is 20.1. The molecule has 2 heteroatoms. The largest absolute Gasteiger partial charge is 0.491 e. The maximum absolute atomic E-state index is 6.82. The van der Waals surface area contributed by atoms with E-state index in [1.807, 2.05) is 0 Å². The van der Waals surface area contributed by atoms with Crippen LogP contribution in [-0.4, -0.2) is 6.10 Å². The Kier molecular flexibility index (Phi) is 13.1. The van der Waals surface area contributed by atoms with Gasteiger partial charge in [0, 0.05) is 10.6 Å². The van der Waals surface area contributed by atoms with Gasteiger partial charge in [-0.1, -0.05) is 132 Å². The van der Waals surface area contributed by atoms with Crippen LogP contribution < -0.4 is 4.74 Å². The molecule has 0 aromatic heterocycles. The fourth-order valence-corrected chi connectivity index (χ4v) is 6.85. The van der Waals surface area contributed by atoms with E-state index in [1.54, 1.807) is 0 Å². The van der Waals surface area contributed by atoms with Gasteiger partial charge in [-0.05, 0) is 97.7 Å². The summed E-state index contributed by atoms with van der Waals surface area (Å²) in [6, 6.07) is 24.1. The number of ether oxygens (including phenoxy) is 1. The Morgan fingerprint density at radius 3 is 1.95 bits per heavy atom. The summed E-state index contributed by atoms with van der Waals surface area (Å²) in [6.07, 6.45) is 20.4. The predicted octanol–water partition coefficient (Wildman–Crippen LogP) is 13.0. The molecule has 3 aromatic rings. The molecule has 1 saturated carbocycles. The molecule has 222 valence electrons. The van der Waals surface area contributed by atoms with Gasteiger partial charge >= 0.3 is 0 Å². The monoisotopic (exact) mass is 572 g/mol. The highest BCUT2D eigenvalue weighted by Crippen LogP contribution is 2.39. The zero-order valence-electron chi connectivity index (χ0n) is 26.0. The van der Waals surface area contributed by atoms with Crippen LogP contribution in [0.3, 0.4) is 0 Å². The molecule has 0 saturated heterocycles. The van der Waals surface area contributed by atoms with E-state index in [2.05, 4.69) is 87.5 Å². The Labute approximate surface area is 256 Å². The molecule has 0 bridgehead atoms. The zero-order valence-corrected chi connectivity index (χ0v) is 26.7. The average Bonchev–Trinajstić information content (AvgIpc) is 3.00.